The van der Waals surface area contributed by atoms with Gasteiger partial charge in [0.2, 0.25) is 0 Å². The van der Waals surface area contributed by atoms with Crippen LogP contribution in [-0.2, 0) is 26.1 Å². The molecule has 3 fully saturated rings. The number of hydrogen-bond acceptors (Lipinski definition) is 6. The Balaban J connectivity index is 2.44. The Morgan fingerprint density at radius 2 is 0.792 bits per heavy atom. The van der Waals surface area contributed by atoms with E-state index in [4.69, 9.17) is 26.1 Å². The van der Waals surface area contributed by atoms with E-state index in [1.54, 1.807) is 29.6 Å². The highest BCUT2D eigenvalue weighted by atomic mass is 28.4. The number of rotatable bonds is 8. The van der Waals surface area contributed by atoms with Crippen molar-refractivity contribution in [2.75, 3.05) is 0 Å². The van der Waals surface area contributed by atoms with Crippen molar-refractivity contribution in [3.05, 3.63) is 62.5 Å². The molecule has 2 bridgehead atoms. The predicted octanol–water partition coefficient (Wildman–Crippen LogP) is 2.46. The topological polar surface area (TPSA) is 55.4 Å². The summed E-state index contributed by atoms with van der Waals surface area (Å²) in [6, 6.07) is 0. The first-order valence-electron chi connectivity index (χ1n) is 7.71. The summed E-state index contributed by atoms with van der Waals surface area (Å²) in [6.45, 7) is 18.8. The van der Waals surface area contributed by atoms with Crippen molar-refractivity contribution >= 4 is 39.0 Å². The van der Waals surface area contributed by atoms with Crippen LogP contribution in [0.25, 0.3) is 0 Å². The van der Waals surface area contributed by atoms with Crippen molar-refractivity contribution < 1.29 is 26.1 Å². The molecule has 0 radical (unpaired) electrons. The average molecular weight is 362 g/mol. The molecule has 3 saturated heterocycles. The van der Waals surface area contributed by atoms with Crippen LogP contribution >= 0.6 is 0 Å². The molecule has 24 heavy (non-hydrogen) atoms. The van der Waals surface area contributed by atoms with E-state index in [1.807, 2.05) is 0 Å². The van der Waals surface area contributed by atoms with Crippen molar-refractivity contribution in [1.29, 1.82) is 0 Å². The normalized spacial score (nSPS) is 30.1. The van der Waals surface area contributed by atoms with Gasteiger partial charge in [-0.15, -0.1) is 32.9 Å². The summed E-state index contributed by atoms with van der Waals surface area (Å²) in [4.78, 5) is 0. The summed E-state index contributed by atoms with van der Waals surface area (Å²) in [5.74, 6) is 0. The molecule has 6 nitrogen and oxygen atoms in total. The van der Waals surface area contributed by atoms with E-state index in [-0.39, 0.29) is 0 Å². The van der Waals surface area contributed by atoms with Crippen LogP contribution in [-0.4, -0.2) is 39.0 Å². The van der Waals surface area contributed by atoms with Crippen LogP contribution in [0.1, 0.15) is 0 Å². The minimum atomic E-state index is -3.31. The second kappa shape index (κ2) is 8.45. The minimum Gasteiger partial charge on any atom is -0.410 e. The molecule has 0 atom stereocenters. The molecule has 0 aromatic heterocycles. The second-order valence-electron chi connectivity index (χ2n) is 5.18. The highest BCUT2D eigenvalue weighted by Gasteiger charge is 2.59. The lowest BCUT2D eigenvalue weighted by atomic mass is 9.86. The largest absolute Gasteiger partial charge is 0.489 e. The summed E-state index contributed by atoms with van der Waals surface area (Å²) < 4.78 is 36.4. The van der Waals surface area contributed by atoms with Crippen LogP contribution in [0.3, 0.4) is 0 Å². The van der Waals surface area contributed by atoms with Gasteiger partial charge in [-0.05, 0) is 30.4 Å². The van der Waals surface area contributed by atoms with Crippen LogP contribution in [0.4, 0.5) is 0 Å². The standard InChI is InChI=1S/C13H21B3O6Si2/c1-6-11-14-17-23(9-4)19-15(12-7-2)20-24(10-5,18-14)22-16(21-23)13-8-3/h6-10H,1-5,11-13H2. The lowest BCUT2D eigenvalue weighted by Gasteiger charge is -2.45. The van der Waals surface area contributed by atoms with Crippen LogP contribution < -0.4 is 0 Å². The molecule has 126 valence electrons. The molecule has 3 rings (SSSR count). The van der Waals surface area contributed by atoms with E-state index in [0.717, 1.165) is 0 Å². The highest BCUT2D eigenvalue weighted by Crippen LogP contribution is 2.32. The molecular formula is C13H21B3O6Si2. The van der Waals surface area contributed by atoms with Crippen LogP contribution in [0.15, 0.2) is 62.5 Å². The van der Waals surface area contributed by atoms with Gasteiger partial charge in [0.1, 0.15) is 0 Å². The van der Waals surface area contributed by atoms with Gasteiger partial charge in [-0.1, -0.05) is 18.2 Å². The first-order chi connectivity index (χ1) is 11.5. The molecule has 0 aliphatic carbocycles. The van der Waals surface area contributed by atoms with Crippen molar-refractivity contribution in [3.63, 3.8) is 0 Å². The van der Waals surface area contributed by atoms with Gasteiger partial charge >= 0.3 is 39.0 Å². The number of allylic oxidation sites excluding steroid dienone is 3. The van der Waals surface area contributed by atoms with Crippen molar-refractivity contribution in [3.8, 4) is 0 Å². The Bertz CT molecular complexity index is 432. The van der Waals surface area contributed by atoms with Gasteiger partial charge in [0.25, 0.3) is 0 Å². The fraction of sp³-hybridized carbons (Fsp3) is 0.231. The Hall–Kier alpha value is -0.911. The Morgan fingerprint density at radius 1 is 0.542 bits per heavy atom. The molecule has 3 heterocycles. The van der Waals surface area contributed by atoms with Crippen molar-refractivity contribution in [1.82, 2.24) is 0 Å². The van der Waals surface area contributed by atoms with Crippen molar-refractivity contribution in [2.24, 2.45) is 0 Å². The Morgan fingerprint density at radius 3 is 0.958 bits per heavy atom. The van der Waals surface area contributed by atoms with Gasteiger partial charge in [0, 0.05) is 0 Å². The maximum atomic E-state index is 6.06. The predicted molar refractivity (Wildman–Crippen MR) is 101 cm³/mol. The third-order valence-electron chi connectivity index (χ3n) is 3.35. The maximum Gasteiger partial charge on any atom is 0.489 e. The van der Waals surface area contributed by atoms with Gasteiger partial charge in [-0.2, -0.15) is 0 Å². The lowest BCUT2D eigenvalue weighted by Crippen LogP contribution is -2.68. The Kier molecular flexibility index (Phi) is 6.84. The van der Waals surface area contributed by atoms with E-state index in [2.05, 4.69) is 32.9 Å². The Labute approximate surface area is 147 Å². The van der Waals surface area contributed by atoms with Gasteiger partial charge < -0.3 is 26.1 Å². The smallest absolute Gasteiger partial charge is 0.410 e. The molecular weight excluding hydrogens is 341 g/mol. The molecule has 3 aliphatic heterocycles. The quantitative estimate of drug-likeness (QED) is 0.489. The lowest BCUT2D eigenvalue weighted by molar-refractivity contribution is 0.137. The van der Waals surface area contributed by atoms with E-state index >= 15 is 0 Å². The van der Waals surface area contributed by atoms with E-state index in [0.29, 0.717) is 19.0 Å². The molecule has 0 spiro atoms. The molecule has 0 aromatic rings. The summed E-state index contributed by atoms with van der Waals surface area (Å²) in [5.41, 5.74) is 3.08. The van der Waals surface area contributed by atoms with Gasteiger partial charge in [0.15, 0.2) is 0 Å². The zero-order chi connectivity index (χ0) is 17.6. The van der Waals surface area contributed by atoms with E-state index in [1.165, 1.54) is 0 Å². The maximum absolute atomic E-state index is 6.06. The van der Waals surface area contributed by atoms with Gasteiger partial charge in [0.05, 0.1) is 0 Å². The first kappa shape index (κ1) is 19.4. The zero-order valence-corrected chi connectivity index (χ0v) is 15.7. The number of fused-ring (bicyclic) bond motifs is 6. The minimum absolute atomic E-state index is 0.420. The van der Waals surface area contributed by atoms with E-state index < -0.39 is 39.0 Å². The SMILES string of the molecule is C=CCB1O[Si]2(C=C)OB(CC=C)O[Si](C=C)(O1)OB(CC=C)O2. The molecule has 0 aromatic carbocycles. The summed E-state index contributed by atoms with van der Waals surface area (Å²) in [7, 11) is -8.65. The monoisotopic (exact) mass is 362 g/mol. The summed E-state index contributed by atoms with van der Waals surface area (Å²) in [6.07, 6.45) is 6.30. The average Bonchev–Trinajstić information content (AvgIpc) is 2.51. The first-order valence-corrected chi connectivity index (χ1v) is 11.3. The molecule has 0 amide bonds. The highest BCUT2D eigenvalue weighted by molar-refractivity contribution is 6.91. The third kappa shape index (κ3) is 4.38. The molecule has 11 heteroatoms. The van der Waals surface area contributed by atoms with E-state index in [9.17, 15) is 0 Å². The fourth-order valence-corrected chi connectivity index (χ4v) is 6.59. The summed E-state index contributed by atoms with van der Waals surface area (Å²) >= 11 is 0. The molecule has 0 saturated carbocycles. The van der Waals surface area contributed by atoms with Gasteiger partial charge in [-0.25, -0.2) is 0 Å². The molecule has 0 N–H and O–H groups in total. The second-order valence-corrected chi connectivity index (χ2v) is 9.83. The van der Waals surface area contributed by atoms with Crippen LogP contribution in [0.5, 0.6) is 0 Å². The fourth-order valence-electron chi connectivity index (χ4n) is 2.32. The number of hydrogen-bond donors (Lipinski definition) is 0. The molecule has 0 unspecified atom stereocenters. The van der Waals surface area contributed by atoms with Crippen LogP contribution in [0, 0.1) is 0 Å². The van der Waals surface area contributed by atoms with Crippen LogP contribution in [0.2, 0.25) is 19.0 Å². The molecule has 3 aliphatic rings. The van der Waals surface area contributed by atoms with Crippen molar-refractivity contribution in [2.45, 2.75) is 19.0 Å². The van der Waals surface area contributed by atoms with Gasteiger partial charge in [-0.3, -0.25) is 0 Å². The summed E-state index contributed by atoms with van der Waals surface area (Å²) in [5, 5.41) is 0. The zero-order valence-electron chi connectivity index (χ0n) is 13.7. The third-order valence-corrected chi connectivity index (χ3v) is 7.90.